The molecular formula is C25H29FN3O9PS. The van der Waals surface area contributed by atoms with Gasteiger partial charge in [-0.05, 0) is 62.7 Å². The minimum Gasteiger partial charge on any atom is -0.468 e. The zero-order valence-corrected chi connectivity index (χ0v) is 23.7. The van der Waals surface area contributed by atoms with Crippen molar-refractivity contribution in [3.8, 4) is 16.2 Å². The molecule has 0 spiro atoms. The predicted octanol–water partition coefficient (Wildman–Crippen LogP) is 2.91. The number of benzene rings is 1. The number of aromatic amines is 1. The number of aliphatic hydroxyl groups excluding tert-OH is 1. The fourth-order valence-corrected chi connectivity index (χ4v) is 6.47. The highest BCUT2D eigenvalue weighted by Crippen LogP contribution is 2.47. The molecule has 3 N–H and O–H groups in total. The van der Waals surface area contributed by atoms with Crippen LogP contribution in [0.4, 0.5) is 4.39 Å². The fourth-order valence-electron chi connectivity index (χ4n) is 4.10. The lowest BCUT2D eigenvalue weighted by molar-refractivity contribution is -0.142. The number of carbonyl (C=O) groups excluding carboxylic acids is 1. The number of carbonyl (C=O) groups is 1. The van der Waals surface area contributed by atoms with Crippen LogP contribution in [0.3, 0.4) is 0 Å². The maximum Gasteiger partial charge on any atom is 0.459 e. The molecule has 6 atom stereocenters. The standard InChI is InChI=1S/C25H29FN3O9PS/c1-14-5-10-19(40-14)16-6-8-17(9-7-16)38-39(34,28-15(2)22(32)35-4)36-13-18-21(31)25(3,26)23(37-18)29-12-11-20(30)27-24(29)33/h5-12,15,18,21,23,31H,13H2,1-4H3,(H,28,34)(H,27,30,33)/t15-,18?,21+,23+,25+,39?/m0/s1. The number of ether oxygens (including phenoxy) is 2. The summed E-state index contributed by atoms with van der Waals surface area (Å²) in [7, 11) is -3.20. The molecule has 2 unspecified atom stereocenters. The number of halogens is 1. The van der Waals surface area contributed by atoms with E-state index in [2.05, 4.69) is 9.82 Å². The summed E-state index contributed by atoms with van der Waals surface area (Å²) >= 11 is 1.61. The van der Waals surface area contributed by atoms with E-state index in [1.807, 2.05) is 24.0 Å². The van der Waals surface area contributed by atoms with E-state index in [0.717, 1.165) is 46.2 Å². The van der Waals surface area contributed by atoms with Gasteiger partial charge in [-0.1, -0.05) is 0 Å². The Kier molecular flexibility index (Phi) is 8.78. The summed E-state index contributed by atoms with van der Waals surface area (Å²) in [5, 5.41) is 13.1. The van der Waals surface area contributed by atoms with Crippen LogP contribution in [0.15, 0.2) is 58.3 Å². The maximum atomic E-state index is 15.5. The van der Waals surface area contributed by atoms with Crippen molar-refractivity contribution in [2.45, 2.75) is 50.9 Å². The lowest BCUT2D eigenvalue weighted by atomic mass is 9.98. The summed E-state index contributed by atoms with van der Waals surface area (Å²) in [4.78, 5) is 39.8. The highest BCUT2D eigenvalue weighted by Gasteiger charge is 2.55. The monoisotopic (exact) mass is 597 g/mol. The largest absolute Gasteiger partial charge is 0.468 e. The van der Waals surface area contributed by atoms with Crippen LogP contribution in [-0.2, 0) is 23.4 Å². The number of nitrogens with one attached hydrogen (secondary N) is 2. The van der Waals surface area contributed by atoms with Gasteiger partial charge in [0, 0.05) is 22.0 Å². The lowest BCUT2D eigenvalue weighted by Crippen LogP contribution is -2.43. The number of esters is 1. The molecule has 216 valence electrons. The van der Waals surface area contributed by atoms with Gasteiger partial charge >= 0.3 is 19.4 Å². The van der Waals surface area contributed by atoms with Gasteiger partial charge in [0.05, 0.1) is 13.7 Å². The van der Waals surface area contributed by atoms with Gasteiger partial charge in [-0.2, -0.15) is 5.09 Å². The van der Waals surface area contributed by atoms with Gasteiger partial charge in [-0.15, -0.1) is 11.3 Å². The minimum atomic E-state index is -4.35. The molecule has 0 radical (unpaired) electrons. The van der Waals surface area contributed by atoms with Crippen LogP contribution in [0.5, 0.6) is 5.75 Å². The summed E-state index contributed by atoms with van der Waals surface area (Å²) in [5.41, 5.74) is -3.23. The average molecular weight is 598 g/mol. The first kappa shape index (κ1) is 29.8. The molecule has 1 saturated heterocycles. The predicted molar refractivity (Wildman–Crippen MR) is 144 cm³/mol. The number of hydrogen-bond donors (Lipinski definition) is 3. The molecule has 4 rings (SSSR count). The van der Waals surface area contributed by atoms with E-state index in [0.29, 0.717) is 0 Å². The maximum absolute atomic E-state index is 15.5. The van der Waals surface area contributed by atoms with Gasteiger partial charge in [0.2, 0.25) is 0 Å². The van der Waals surface area contributed by atoms with Crippen molar-refractivity contribution in [3.05, 3.63) is 74.4 Å². The van der Waals surface area contributed by atoms with Crippen LogP contribution in [0.2, 0.25) is 0 Å². The van der Waals surface area contributed by atoms with E-state index < -0.39 is 61.7 Å². The SMILES string of the molecule is COC(=O)[C@H](C)NP(=O)(OCC1O[C@@H](n2ccc(=O)[nH]c2=O)[C@](C)(F)[C@@H]1O)Oc1ccc(-c2ccc(C)s2)cc1. The molecule has 0 amide bonds. The van der Waals surface area contributed by atoms with E-state index in [-0.39, 0.29) is 5.75 Å². The van der Waals surface area contributed by atoms with Crippen molar-refractivity contribution in [3.63, 3.8) is 0 Å². The molecule has 15 heteroatoms. The van der Waals surface area contributed by atoms with Crippen LogP contribution >= 0.6 is 19.1 Å². The number of thiophene rings is 1. The summed E-state index contributed by atoms with van der Waals surface area (Å²) in [6, 6.07) is 10.5. The summed E-state index contributed by atoms with van der Waals surface area (Å²) < 4.78 is 51.5. The Balaban J connectivity index is 1.53. The molecule has 1 fully saturated rings. The Morgan fingerprint density at radius 2 is 1.98 bits per heavy atom. The number of hydrogen-bond acceptors (Lipinski definition) is 10. The first-order chi connectivity index (χ1) is 18.8. The fraction of sp³-hybridized carbons (Fsp3) is 0.400. The molecular weight excluding hydrogens is 568 g/mol. The van der Waals surface area contributed by atoms with Crippen molar-refractivity contribution in [2.24, 2.45) is 0 Å². The third-order valence-corrected chi connectivity index (χ3v) is 8.93. The Labute approximate surface area is 232 Å². The van der Waals surface area contributed by atoms with Gasteiger partial charge < -0.3 is 19.1 Å². The first-order valence-corrected chi connectivity index (χ1v) is 14.5. The zero-order valence-electron chi connectivity index (χ0n) is 22.0. The zero-order chi connectivity index (χ0) is 29.2. The smallest absolute Gasteiger partial charge is 0.459 e. The second-order valence-corrected chi connectivity index (χ2v) is 12.3. The van der Waals surface area contributed by atoms with Crippen LogP contribution in [0.25, 0.3) is 10.4 Å². The molecule has 0 bridgehead atoms. The number of aryl methyl sites for hydroxylation is 1. The second kappa shape index (κ2) is 11.8. The number of aromatic nitrogens is 2. The van der Waals surface area contributed by atoms with Crippen molar-refractivity contribution < 1.29 is 37.4 Å². The number of methoxy groups -OCH3 is 1. The van der Waals surface area contributed by atoms with E-state index in [1.54, 1.807) is 35.6 Å². The van der Waals surface area contributed by atoms with E-state index >= 15 is 4.39 Å². The van der Waals surface area contributed by atoms with Gasteiger partial charge in [-0.25, -0.2) is 13.8 Å². The van der Waals surface area contributed by atoms with Crippen LogP contribution in [0, 0.1) is 6.92 Å². The molecule has 0 aliphatic carbocycles. The van der Waals surface area contributed by atoms with Crippen molar-refractivity contribution in [1.82, 2.24) is 14.6 Å². The van der Waals surface area contributed by atoms with Gasteiger partial charge in [0.1, 0.15) is 24.0 Å². The van der Waals surface area contributed by atoms with Crippen molar-refractivity contribution in [2.75, 3.05) is 13.7 Å². The highest BCUT2D eigenvalue weighted by atomic mass is 32.1. The molecule has 1 aromatic carbocycles. The molecule has 1 aliphatic heterocycles. The molecule has 2 aromatic heterocycles. The van der Waals surface area contributed by atoms with Crippen molar-refractivity contribution >= 4 is 25.1 Å². The van der Waals surface area contributed by atoms with E-state index in [4.69, 9.17) is 13.8 Å². The third-order valence-electron chi connectivity index (χ3n) is 6.24. The number of aliphatic hydroxyl groups is 1. The van der Waals surface area contributed by atoms with E-state index in [9.17, 15) is 24.1 Å². The normalized spacial score (nSPS) is 24.8. The third kappa shape index (κ3) is 6.43. The van der Waals surface area contributed by atoms with Crippen LogP contribution in [0.1, 0.15) is 25.0 Å². The molecule has 0 saturated carbocycles. The quantitative estimate of drug-likeness (QED) is 0.234. The molecule has 12 nitrogen and oxygen atoms in total. The Morgan fingerprint density at radius 3 is 2.58 bits per heavy atom. The summed E-state index contributed by atoms with van der Waals surface area (Å²) in [6.45, 7) is 3.74. The molecule has 40 heavy (non-hydrogen) atoms. The molecule has 1 aliphatic rings. The highest BCUT2D eigenvalue weighted by molar-refractivity contribution is 7.52. The van der Waals surface area contributed by atoms with Gasteiger partial charge in [0.15, 0.2) is 11.9 Å². The Bertz CT molecular complexity index is 1520. The van der Waals surface area contributed by atoms with Crippen LogP contribution < -0.4 is 20.9 Å². The topological polar surface area (TPSA) is 158 Å². The second-order valence-electron chi connectivity index (χ2n) is 9.33. The van der Waals surface area contributed by atoms with Crippen LogP contribution in [-0.4, -0.2) is 58.3 Å². The van der Waals surface area contributed by atoms with Gasteiger partial charge in [0.25, 0.3) is 5.56 Å². The summed E-state index contributed by atoms with van der Waals surface area (Å²) in [5.74, 6) is -0.604. The number of alkyl halides is 1. The Morgan fingerprint density at radius 1 is 1.27 bits per heavy atom. The van der Waals surface area contributed by atoms with Gasteiger partial charge in [-0.3, -0.25) is 23.7 Å². The number of H-pyrrole nitrogens is 1. The minimum absolute atomic E-state index is 0.144. The first-order valence-electron chi connectivity index (χ1n) is 12.1. The number of nitrogens with zero attached hydrogens (tertiary/aromatic N) is 1. The lowest BCUT2D eigenvalue weighted by Gasteiger charge is -2.25. The average Bonchev–Trinajstić information content (AvgIpc) is 3.43. The summed E-state index contributed by atoms with van der Waals surface area (Å²) in [6.07, 6.45) is -3.82. The molecule has 3 aromatic rings. The van der Waals surface area contributed by atoms with E-state index in [1.165, 1.54) is 6.92 Å². The number of rotatable bonds is 10. The van der Waals surface area contributed by atoms with Crippen molar-refractivity contribution in [1.29, 1.82) is 0 Å². The molecule has 3 heterocycles. The Hall–Kier alpha value is -3.13.